The Kier molecular flexibility index (Phi) is 2.90. The van der Waals surface area contributed by atoms with Gasteiger partial charge in [0.2, 0.25) is 0 Å². The Balaban J connectivity index is 2.14. The lowest BCUT2D eigenvalue weighted by Gasteiger charge is -1.98. The van der Waals surface area contributed by atoms with Crippen LogP contribution < -0.4 is 5.32 Å². The summed E-state index contributed by atoms with van der Waals surface area (Å²) in [5.41, 5.74) is 4.24. The molecule has 0 saturated carbocycles. The van der Waals surface area contributed by atoms with Crippen molar-refractivity contribution in [3.63, 3.8) is 0 Å². The number of benzene rings is 1. The molecule has 1 aliphatic heterocycles. The Hall–Kier alpha value is -2.82. The predicted molar refractivity (Wildman–Crippen MR) is 80.2 cm³/mol. The number of H-pyrrole nitrogens is 1. The van der Waals surface area contributed by atoms with Gasteiger partial charge in [0, 0.05) is 22.6 Å². The summed E-state index contributed by atoms with van der Waals surface area (Å²) >= 11 is 0. The fraction of sp³-hybridized carbons (Fsp3) is 0.125. The quantitative estimate of drug-likeness (QED) is 0.741. The molecular formula is C16H14N2O3. The van der Waals surface area contributed by atoms with Gasteiger partial charge in [-0.15, -0.1) is 0 Å². The van der Waals surface area contributed by atoms with Gasteiger partial charge >= 0.3 is 5.97 Å². The third kappa shape index (κ3) is 2.03. The number of amides is 1. The summed E-state index contributed by atoms with van der Waals surface area (Å²) in [6.07, 6.45) is 1.70. The number of fused-ring (bicyclic) bond motifs is 1. The maximum absolute atomic E-state index is 12.1. The summed E-state index contributed by atoms with van der Waals surface area (Å²) in [5.74, 6) is -1.15. The second kappa shape index (κ2) is 4.63. The molecule has 2 heterocycles. The number of rotatable bonds is 2. The molecule has 0 spiro atoms. The minimum atomic E-state index is -0.970. The molecule has 0 atom stereocenters. The number of carboxylic acid groups (broad SMARTS) is 1. The van der Waals surface area contributed by atoms with Crippen molar-refractivity contribution in [3.8, 4) is 0 Å². The summed E-state index contributed by atoms with van der Waals surface area (Å²) in [7, 11) is 0. The van der Waals surface area contributed by atoms with Crippen molar-refractivity contribution in [2.45, 2.75) is 13.8 Å². The zero-order chi connectivity index (χ0) is 15.1. The Morgan fingerprint density at radius 2 is 1.95 bits per heavy atom. The minimum Gasteiger partial charge on any atom is -0.478 e. The van der Waals surface area contributed by atoms with E-state index in [-0.39, 0.29) is 11.5 Å². The molecule has 1 aromatic heterocycles. The largest absolute Gasteiger partial charge is 0.478 e. The first-order valence-electron chi connectivity index (χ1n) is 6.54. The van der Waals surface area contributed by atoms with Crippen LogP contribution in [0.2, 0.25) is 0 Å². The number of aromatic carboxylic acids is 1. The molecule has 0 bridgehead atoms. The topological polar surface area (TPSA) is 82.2 Å². The van der Waals surface area contributed by atoms with Crippen LogP contribution in [0.3, 0.4) is 0 Å². The molecule has 1 aliphatic rings. The number of aromatic amines is 1. The average molecular weight is 282 g/mol. The zero-order valence-electron chi connectivity index (χ0n) is 11.7. The first-order valence-corrected chi connectivity index (χ1v) is 6.54. The summed E-state index contributed by atoms with van der Waals surface area (Å²) in [6.45, 7) is 3.44. The standard InChI is InChI=1S/C16H14N2O3/c1-8-13(17-9(2)14(8)16(20)21)7-11-10-5-3-4-6-12(10)18-15(11)19/h3-7,17H,1-2H3,(H,18,19)(H,20,21)/b11-7-. The molecule has 3 N–H and O–H groups in total. The first-order chi connectivity index (χ1) is 9.99. The van der Waals surface area contributed by atoms with E-state index in [2.05, 4.69) is 10.3 Å². The summed E-state index contributed by atoms with van der Waals surface area (Å²) in [5, 5.41) is 12.0. The molecule has 0 radical (unpaired) electrons. The smallest absolute Gasteiger partial charge is 0.337 e. The van der Waals surface area contributed by atoms with Gasteiger partial charge in [0.05, 0.1) is 11.1 Å². The molecule has 1 amide bonds. The molecule has 106 valence electrons. The van der Waals surface area contributed by atoms with Crippen LogP contribution in [-0.4, -0.2) is 22.0 Å². The fourth-order valence-corrected chi connectivity index (χ4v) is 2.67. The Labute approximate surface area is 121 Å². The lowest BCUT2D eigenvalue weighted by molar-refractivity contribution is -0.110. The highest BCUT2D eigenvalue weighted by Gasteiger charge is 2.24. The van der Waals surface area contributed by atoms with E-state index in [4.69, 9.17) is 0 Å². The van der Waals surface area contributed by atoms with E-state index < -0.39 is 5.97 Å². The number of para-hydroxylation sites is 1. The number of aryl methyl sites for hydroxylation is 1. The molecule has 0 unspecified atom stereocenters. The zero-order valence-corrected chi connectivity index (χ0v) is 11.7. The van der Waals surface area contributed by atoms with E-state index in [1.54, 1.807) is 19.9 Å². The number of hydrogen-bond donors (Lipinski definition) is 3. The number of aromatic nitrogens is 1. The van der Waals surface area contributed by atoms with Gasteiger partial charge in [0.25, 0.3) is 5.91 Å². The van der Waals surface area contributed by atoms with Crippen LogP contribution in [0.4, 0.5) is 5.69 Å². The molecule has 5 heteroatoms. The highest BCUT2D eigenvalue weighted by Crippen LogP contribution is 2.33. The maximum Gasteiger partial charge on any atom is 0.337 e. The summed E-state index contributed by atoms with van der Waals surface area (Å²) < 4.78 is 0. The molecule has 0 saturated heterocycles. The van der Waals surface area contributed by atoms with Crippen LogP contribution in [0.1, 0.15) is 32.9 Å². The number of nitrogens with one attached hydrogen (secondary N) is 2. The van der Waals surface area contributed by atoms with Crippen molar-refractivity contribution in [2.24, 2.45) is 0 Å². The number of anilines is 1. The van der Waals surface area contributed by atoms with Crippen LogP contribution in [0, 0.1) is 13.8 Å². The fourth-order valence-electron chi connectivity index (χ4n) is 2.67. The summed E-state index contributed by atoms with van der Waals surface area (Å²) in [4.78, 5) is 26.3. The van der Waals surface area contributed by atoms with Gasteiger partial charge in [-0.2, -0.15) is 0 Å². The second-order valence-corrected chi connectivity index (χ2v) is 5.03. The Morgan fingerprint density at radius 1 is 1.24 bits per heavy atom. The normalized spacial score (nSPS) is 15.1. The molecule has 0 aliphatic carbocycles. The van der Waals surface area contributed by atoms with E-state index in [9.17, 15) is 14.7 Å². The number of carboxylic acids is 1. The van der Waals surface area contributed by atoms with E-state index in [0.717, 1.165) is 11.3 Å². The predicted octanol–water partition coefficient (Wildman–Crippen LogP) is 2.82. The van der Waals surface area contributed by atoms with Gasteiger partial charge in [-0.05, 0) is 31.6 Å². The van der Waals surface area contributed by atoms with Gasteiger partial charge in [-0.1, -0.05) is 18.2 Å². The van der Waals surface area contributed by atoms with Gasteiger partial charge in [0.15, 0.2) is 0 Å². The SMILES string of the molecule is Cc1[nH]c(/C=C2\C(=O)Nc3ccccc32)c(C)c1C(=O)O. The van der Waals surface area contributed by atoms with E-state index in [1.807, 2.05) is 24.3 Å². The molecule has 21 heavy (non-hydrogen) atoms. The molecular weight excluding hydrogens is 268 g/mol. The van der Waals surface area contributed by atoms with Crippen molar-refractivity contribution < 1.29 is 14.7 Å². The third-order valence-electron chi connectivity index (χ3n) is 3.69. The molecule has 1 aromatic carbocycles. The first kappa shape index (κ1) is 13.2. The second-order valence-electron chi connectivity index (χ2n) is 5.03. The third-order valence-corrected chi connectivity index (χ3v) is 3.69. The van der Waals surface area contributed by atoms with Gasteiger partial charge in [-0.3, -0.25) is 4.79 Å². The van der Waals surface area contributed by atoms with E-state index in [0.29, 0.717) is 22.5 Å². The molecule has 3 rings (SSSR count). The van der Waals surface area contributed by atoms with Crippen LogP contribution in [0.25, 0.3) is 11.6 Å². The van der Waals surface area contributed by atoms with Gasteiger partial charge in [-0.25, -0.2) is 4.79 Å². The molecule has 5 nitrogen and oxygen atoms in total. The van der Waals surface area contributed by atoms with Crippen LogP contribution in [0.15, 0.2) is 24.3 Å². The minimum absolute atomic E-state index is 0.181. The van der Waals surface area contributed by atoms with Gasteiger partial charge in [0.1, 0.15) is 0 Å². The van der Waals surface area contributed by atoms with Crippen LogP contribution in [-0.2, 0) is 4.79 Å². The van der Waals surface area contributed by atoms with Crippen molar-refractivity contribution >= 4 is 29.2 Å². The monoisotopic (exact) mass is 282 g/mol. The number of carbonyl (C=O) groups is 2. The van der Waals surface area contributed by atoms with E-state index in [1.165, 1.54) is 0 Å². The molecule has 0 fully saturated rings. The lowest BCUT2D eigenvalue weighted by atomic mass is 10.0. The van der Waals surface area contributed by atoms with Gasteiger partial charge < -0.3 is 15.4 Å². The van der Waals surface area contributed by atoms with Crippen molar-refractivity contribution in [3.05, 3.63) is 52.3 Å². The molecule has 2 aromatic rings. The van der Waals surface area contributed by atoms with Crippen molar-refractivity contribution in [1.29, 1.82) is 0 Å². The Bertz CT molecular complexity index is 800. The lowest BCUT2D eigenvalue weighted by Crippen LogP contribution is -2.03. The highest BCUT2D eigenvalue weighted by molar-refractivity contribution is 6.34. The Morgan fingerprint density at radius 3 is 2.62 bits per heavy atom. The van der Waals surface area contributed by atoms with Crippen LogP contribution >= 0.6 is 0 Å². The number of hydrogen-bond acceptors (Lipinski definition) is 2. The van der Waals surface area contributed by atoms with Crippen molar-refractivity contribution in [1.82, 2.24) is 4.98 Å². The number of carbonyl (C=O) groups excluding carboxylic acids is 1. The van der Waals surface area contributed by atoms with Crippen molar-refractivity contribution in [2.75, 3.05) is 5.32 Å². The average Bonchev–Trinajstić information content (AvgIpc) is 2.88. The summed E-state index contributed by atoms with van der Waals surface area (Å²) in [6, 6.07) is 7.42. The van der Waals surface area contributed by atoms with E-state index >= 15 is 0 Å². The van der Waals surface area contributed by atoms with Crippen LogP contribution in [0.5, 0.6) is 0 Å². The maximum atomic E-state index is 12.1. The highest BCUT2D eigenvalue weighted by atomic mass is 16.4.